The first-order valence-electron chi connectivity index (χ1n) is 6.48. The molecular weight excluding hydrogens is 280 g/mol. The molecule has 2 atom stereocenters. The van der Waals surface area contributed by atoms with Gasteiger partial charge in [0.2, 0.25) is 5.91 Å². The first-order valence-corrected chi connectivity index (χ1v) is 8.69. The Hall–Kier alpha value is -0.590. The summed E-state index contributed by atoms with van der Waals surface area (Å²) in [7, 11) is 0. The highest BCUT2D eigenvalue weighted by Crippen LogP contribution is 2.23. The summed E-state index contributed by atoms with van der Waals surface area (Å²) in [5, 5.41) is 6.79. The second-order valence-corrected chi connectivity index (χ2v) is 7.05. The van der Waals surface area contributed by atoms with E-state index >= 15 is 0 Å². The Balaban J connectivity index is 1.64. The fourth-order valence-electron chi connectivity index (χ4n) is 1.80. The summed E-state index contributed by atoms with van der Waals surface area (Å²) in [6, 6.07) is 3.51. The van der Waals surface area contributed by atoms with Crippen LogP contribution in [-0.2, 0) is 11.3 Å². The average molecular weight is 300 g/mol. The molecular formula is C13H20N2O2S2. The van der Waals surface area contributed by atoms with E-state index in [4.69, 9.17) is 4.42 Å². The molecule has 1 aliphatic rings. The number of hydrogen-bond acceptors (Lipinski definition) is 5. The van der Waals surface area contributed by atoms with Crippen LogP contribution in [0.15, 0.2) is 22.8 Å². The molecule has 1 aliphatic heterocycles. The Kier molecular flexibility index (Phi) is 6.13. The Morgan fingerprint density at radius 1 is 1.58 bits per heavy atom. The van der Waals surface area contributed by atoms with Crippen LogP contribution >= 0.6 is 23.5 Å². The van der Waals surface area contributed by atoms with Gasteiger partial charge in [0.15, 0.2) is 0 Å². The van der Waals surface area contributed by atoms with E-state index in [0.29, 0.717) is 11.8 Å². The van der Waals surface area contributed by atoms with Gasteiger partial charge in [-0.15, -0.1) is 0 Å². The van der Waals surface area contributed by atoms with Crippen LogP contribution in [0.4, 0.5) is 0 Å². The first-order chi connectivity index (χ1) is 9.25. The summed E-state index contributed by atoms with van der Waals surface area (Å²) < 4.78 is 5.18. The van der Waals surface area contributed by atoms with E-state index in [1.807, 2.05) is 42.6 Å². The van der Waals surface area contributed by atoms with Crippen LogP contribution < -0.4 is 10.6 Å². The number of rotatable bonds is 6. The molecule has 1 aromatic rings. The van der Waals surface area contributed by atoms with Gasteiger partial charge in [-0.25, -0.2) is 0 Å². The standard InChI is InChI=1S/C13H20N2O2S2/c1-10(14-8-12-9-18-5-6-19-12)13(16)15-7-11-3-2-4-17-11/h2-4,10,12,14H,5-9H2,1H3,(H,15,16). The molecule has 106 valence electrons. The lowest BCUT2D eigenvalue weighted by Crippen LogP contribution is -2.44. The molecule has 1 fully saturated rings. The number of carbonyl (C=O) groups is 1. The summed E-state index contributed by atoms with van der Waals surface area (Å²) >= 11 is 4.00. The highest BCUT2D eigenvalue weighted by Gasteiger charge is 2.17. The van der Waals surface area contributed by atoms with Gasteiger partial charge >= 0.3 is 0 Å². The third-order valence-corrected chi connectivity index (χ3v) is 5.79. The number of hydrogen-bond donors (Lipinski definition) is 2. The van der Waals surface area contributed by atoms with Crippen LogP contribution in [0.25, 0.3) is 0 Å². The normalized spacial score (nSPS) is 21.0. The molecule has 6 heteroatoms. The highest BCUT2D eigenvalue weighted by atomic mass is 32.2. The number of thioether (sulfide) groups is 2. The third kappa shape index (κ3) is 5.12. The topological polar surface area (TPSA) is 54.3 Å². The molecule has 2 rings (SSSR count). The van der Waals surface area contributed by atoms with E-state index in [0.717, 1.165) is 12.3 Å². The van der Waals surface area contributed by atoms with Gasteiger partial charge in [0.05, 0.1) is 18.8 Å². The molecule has 1 saturated heterocycles. The molecule has 1 aromatic heterocycles. The summed E-state index contributed by atoms with van der Waals surface area (Å²) in [6.45, 7) is 3.25. The van der Waals surface area contributed by atoms with Crippen LogP contribution in [0, 0.1) is 0 Å². The molecule has 1 amide bonds. The Bertz CT molecular complexity index is 378. The molecule has 0 bridgehead atoms. The van der Waals surface area contributed by atoms with Crippen molar-refractivity contribution < 1.29 is 9.21 Å². The predicted molar refractivity (Wildman–Crippen MR) is 81.6 cm³/mol. The zero-order chi connectivity index (χ0) is 13.5. The maximum Gasteiger partial charge on any atom is 0.237 e. The maximum atomic E-state index is 11.9. The Morgan fingerprint density at radius 3 is 3.16 bits per heavy atom. The minimum atomic E-state index is -0.164. The van der Waals surface area contributed by atoms with E-state index in [9.17, 15) is 4.79 Å². The molecule has 0 saturated carbocycles. The lowest BCUT2D eigenvalue weighted by atomic mass is 10.3. The van der Waals surface area contributed by atoms with Gasteiger partial charge < -0.3 is 15.1 Å². The van der Waals surface area contributed by atoms with Crippen LogP contribution in [-0.4, -0.2) is 41.0 Å². The van der Waals surface area contributed by atoms with E-state index in [1.54, 1.807) is 6.26 Å². The lowest BCUT2D eigenvalue weighted by Gasteiger charge is -2.23. The average Bonchev–Trinajstić information content (AvgIpc) is 2.96. The summed E-state index contributed by atoms with van der Waals surface area (Å²) in [6.07, 6.45) is 1.61. The minimum Gasteiger partial charge on any atom is -0.467 e. The Morgan fingerprint density at radius 2 is 2.47 bits per heavy atom. The number of furan rings is 1. The maximum absolute atomic E-state index is 11.9. The fourth-order valence-corrected chi connectivity index (χ4v) is 4.42. The number of amides is 1. The molecule has 0 radical (unpaired) electrons. The van der Waals surface area contributed by atoms with E-state index in [-0.39, 0.29) is 11.9 Å². The summed E-state index contributed by atoms with van der Waals surface area (Å²) in [5.41, 5.74) is 0. The SMILES string of the molecule is CC(NCC1CSCCS1)C(=O)NCc1ccco1. The van der Waals surface area contributed by atoms with Gasteiger partial charge in [0.25, 0.3) is 0 Å². The van der Waals surface area contributed by atoms with Crippen molar-refractivity contribution in [3.63, 3.8) is 0 Å². The molecule has 4 nitrogen and oxygen atoms in total. The van der Waals surface area contributed by atoms with Gasteiger partial charge in [0.1, 0.15) is 5.76 Å². The molecule has 0 aliphatic carbocycles. The van der Waals surface area contributed by atoms with Crippen molar-refractivity contribution in [2.75, 3.05) is 23.8 Å². The zero-order valence-corrected chi connectivity index (χ0v) is 12.7. The largest absolute Gasteiger partial charge is 0.467 e. The second kappa shape index (κ2) is 7.87. The van der Waals surface area contributed by atoms with Gasteiger partial charge in [-0.1, -0.05) is 0 Å². The van der Waals surface area contributed by atoms with Gasteiger partial charge in [-0.2, -0.15) is 23.5 Å². The number of nitrogens with one attached hydrogen (secondary N) is 2. The molecule has 0 aromatic carbocycles. The lowest BCUT2D eigenvalue weighted by molar-refractivity contribution is -0.123. The van der Waals surface area contributed by atoms with Gasteiger partial charge in [0, 0.05) is 29.1 Å². The highest BCUT2D eigenvalue weighted by molar-refractivity contribution is 8.06. The second-order valence-electron chi connectivity index (χ2n) is 4.49. The van der Waals surface area contributed by atoms with Crippen LogP contribution in [0.3, 0.4) is 0 Å². The fraction of sp³-hybridized carbons (Fsp3) is 0.615. The van der Waals surface area contributed by atoms with Crippen molar-refractivity contribution in [2.24, 2.45) is 0 Å². The summed E-state index contributed by atoms with van der Waals surface area (Å²) in [5.74, 6) is 4.44. The molecule has 2 unspecified atom stereocenters. The first kappa shape index (κ1) is 14.8. The van der Waals surface area contributed by atoms with Crippen molar-refractivity contribution in [2.45, 2.75) is 24.8 Å². The van der Waals surface area contributed by atoms with Gasteiger partial charge in [-0.05, 0) is 19.1 Å². The number of carbonyl (C=O) groups excluding carboxylic acids is 1. The van der Waals surface area contributed by atoms with Crippen molar-refractivity contribution in [1.29, 1.82) is 0 Å². The minimum absolute atomic E-state index is 0.0184. The molecule has 2 heterocycles. The smallest absolute Gasteiger partial charge is 0.237 e. The van der Waals surface area contributed by atoms with Gasteiger partial charge in [-0.3, -0.25) is 4.79 Å². The zero-order valence-electron chi connectivity index (χ0n) is 11.1. The van der Waals surface area contributed by atoms with Crippen molar-refractivity contribution in [3.05, 3.63) is 24.2 Å². The predicted octanol–water partition coefficient (Wildman–Crippen LogP) is 1.72. The van der Waals surface area contributed by atoms with E-state index in [1.165, 1.54) is 17.3 Å². The Labute approximate surface area is 122 Å². The van der Waals surface area contributed by atoms with E-state index < -0.39 is 0 Å². The van der Waals surface area contributed by atoms with E-state index in [2.05, 4.69) is 10.6 Å². The third-order valence-electron chi connectivity index (χ3n) is 2.95. The monoisotopic (exact) mass is 300 g/mol. The van der Waals surface area contributed by atoms with Crippen LogP contribution in [0.1, 0.15) is 12.7 Å². The van der Waals surface area contributed by atoms with Crippen molar-refractivity contribution in [3.8, 4) is 0 Å². The molecule has 0 spiro atoms. The quantitative estimate of drug-likeness (QED) is 0.838. The molecule has 2 N–H and O–H groups in total. The van der Waals surface area contributed by atoms with Crippen molar-refractivity contribution in [1.82, 2.24) is 10.6 Å². The van der Waals surface area contributed by atoms with Crippen LogP contribution in [0.2, 0.25) is 0 Å². The molecule has 19 heavy (non-hydrogen) atoms. The van der Waals surface area contributed by atoms with Crippen molar-refractivity contribution >= 4 is 29.4 Å². The summed E-state index contributed by atoms with van der Waals surface area (Å²) in [4.78, 5) is 11.9. The van der Waals surface area contributed by atoms with Crippen LogP contribution in [0.5, 0.6) is 0 Å².